The molecule has 1 amide bonds. The molecule has 162 valence electrons. The van der Waals surface area contributed by atoms with Crippen molar-refractivity contribution in [2.24, 2.45) is 0 Å². The number of aromatic nitrogens is 1. The van der Waals surface area contributed by atoms with E-state index in [9.17, 15) is 4.79 Å². The van der Waals surface area contributed by atoms with E-state index in [0.717, 1.165) is 11.1 Å². The molecule has 32 heavy (non-hydrogen) atoms. The van der Waals surface area contributed by atoms with Gasteiger partial charge in [-0.1, -0.05) is 18.2 Å². The summed E-state index contributed by atoms with van der Waals surface area (Å²) in [6.07, 6.45) is 0. The number of benzene rings is 3. The summed E-state index contributed by atoms with van der Waals surface area (Å²) in [4.78, 5) is 17.2. The maximum Gasteiger partial charge on any atom is 0.261 e. The summed E-state index contributed by atoms with van der Waals surface area (Å²) in [5, 5.41) is 5.88. The van der Waals surface area contributed by atoms with Crippen molar-refractivity contribution in [2.75, 3.05) is 19.5 Å². The van der Waals surface area contributed by atoms with Crippen LogP contribution in [0, 0.1) is 6.92 Å². The third kappa shape index (κ3) is 4.40. The van der Waals surface area contributed by atoms with Crippen LogP contribution in [-0.4, -0.2) is 30.2 Å². The Labute approximate surface area is 190 Å². The predicted octanol–water partition coefficient (Wildman–Crippen LogP) is 4.95. The van der Waals surface area contributed by atoms with Crippen LogP contribution in [0.15, 0.2) is 65.1 Å². The second kappa shape index (κ2) is 9.07. The summed E-state index contributed by atoms with van der Waals surface area (Å²) in [7, 11) is 3.14. The van der Waals surface area contributed by atoms with E-state index in [-0.39, 0.29) is 11.0 Å². The van der Waals surface area contributed by atoms with Gasteiger partial charge in [0.05, 0.1) is 19.8 Å². The van der Waals surface area contributed by atoms with Crippen molar-refractivity contribution in [3.63, 3.8) is 0 Å². The molecule has 2 N–H and O–H groups in total. The first-order valence-electron chi connectivity index (χ1n) is 9.79. The highest BCUT2D eigenvalue weighted by Crippen LogP contribution is 2.28. The van der Waals surface area contributed by atoms with Gasteiger partial charge in [-0.05, 0) is 61.1 Å². The van der Waals surface area contributed by atoms with Gasteiger partial charge in [0.2, 0.25) is 5.89 Å². The highest BCUT2D eigenvalue weighted by atomic mass is 32.1. The second-order valence-corrected chi connectivity index (χ2v) is 7.41. The van der Waals surface area contributed by atoms with Gasteiger partial charge in [-0.2, -0.15) is 0 Å². The van der Waals surface area contributed by atoms with E-state index in [4.69, 9.17) is 26.1 Å². The topological polar surface area (TPSA) is 85.6 Å². The summed E-state index contributed by atoms with van der Waals surface area (Å²) in [5.41, 5.74) is 4.08. The summed E-state index contributed by atoms with van der Waals surface area (Å²) in [5.74, 6) is 1.34. The van der Waals surface area contributed by atoms with Gasteiger partial charge < -0.3 is 19.2 Å². The molecule has 4 aromatic rings. The molecule has 0 aliphatic rings. The normalized spacial score (nSPS) is 10.6. The van der Waals surface area contributed by atoms with Crippen molar-refractivity contribution in [3.05, 3.63) is 71.8 Å². The maximum atomic E-state index is 12.7. The number of anilines is 1. The first-order chi connectivity index (χ1) is 15.5. The number of rotatable bonds is 5. The lowest BCUT2D eigenvalue weighted by Crippen LogP contribution is -2.34. The molecule has 0 radical (unpaired) electrons. The van der Waals surface area contributed by atoms with Crippen LogP contribution in [0.2, 0.25) is 0 Å². The molecule has 0 unspecified atom stereocenters. The van der Waals surface area contributed by atoms with Crippen molar-refractivity contribution < 1.29 is 18.7 Å². The Hall–Kier alpha value is -3.91. The lowest BCUT2D eigenvalue weighted by Gasteiger charge is -2.13. The Morgan fingerprint density at radius 3 is 2.62 bits per heavy atom. The number of hydrogen-bond donors (Lipinski definition) is 2. The number of oxazole rings is 1. The molecule has 1 heterocycles. The molecule has 0 spiro atoms. The number of methoxy groups -OCH3 is 2. The number of amides is 1. The zero-order valence-corrected chi connectivity index (χ0v) is 18.6. The molecular formula is C24H21N3O4S. The smallest absolute Gasteiger partial charge is 0.261 e. The molecule has 3 aromatic carbocycles. The number of nitrogens with one attached hydrogen (secondary N) is 2. The van der Waals surface area contributed by atoms with E-state index in [1.807, 2.05) is 55.5 Å². The molecule has 0 aliphatic heterocycles. The van der Waals surface area contributed by atoms with Crippen LogP contribution in [0.5, 0.6) is 11.5 Å². The molecule has 4 rings (SSSR count). The first-order valence-corrected chi connectivity index (χ1v) is 10.2. The summed E-state index contributed by atoms with van der Waals surface area (Å²) in [6.45, 7) is 1.87. The fourth-order valence-corrected chi connectivity index (χ4v) is 3.53. The van der Waals surface area contributed by atoms with E-state index >= 15 is 0 Å². The summed E-state index contributed by atoms with van der Waals surface area (Å²) in [6, 6.07) is 18.2. The fraction of sp³-hybridized carbons (Fsp3) is 0.125. The van der Waals surface area contributed by atoms with Gasteiger partial charge in [0, 0.05) is 17.3 Å². The highest BCUT2D eigenvalue weighted by molar-refractivity contribution is 7.80. The Kier molecular flexibility index (Phi) is 6.04. The second-order valence-electron chi connectivity index (χ2n) is 7.00. The zero-order chi connectivity index (χ0) is 22.7. The Balaban J connectivity index is 1.50. The standard InChI is InChI=1S/C24H21N3O4S/c1-14-6-4-9-18(21(14)30-3)22(28)27-24(32)25-16-8-5-7-15(12-16)23-26-19-13-17(29-2)10-11-20(19)31-23/h4-13H,1-3H3,(H2,25,27,28,32). The number of carbonyl (C=O) groups is 1. The van der Waals surface area contributed by atoms with Crippen molar-refractivity contribution in [1.29, 1.82) is 0 Å². The largest absolute Gasteiger partial charge is 0.497 e. The van der Waals surface area contributed by atoms with Gasteiger partial charge >= 0.3 is 0 Å². The molecule has 7 nitrogen and oxygen atoms in total. The molecule has 0 atom stereocenters. The minimum Gasteiger partial charge on any atom is -0.497 e. The predicted molar refractivity (Wildman–Crippen MR) is 127 cm³/mol. The maximum absolute atomic E-state index is 12.7. The number of ether oxygens (including phenoxy) is 2. The van der Waals surface area contributed by atoms with Crippen LogP contribution in [0.4, 0.5) is 5.69 Å². The van der Waals surface area contributed by atoms with Gasteiger partial charge in [0.25, 0.3) is 5.91 Å². The summed E-state index contributed by atoms with van der Waals surface area (Å²) < 4.78 is 16.4. The van der Waals surface area contributed by atoms with Crippen LogP contribution in [0.25, 0.3) is 22.6 Å². The molecule has 8 heteroatoms. The first kappa shape index (κ1) is 21.3. The zero-order valence-electron chi connectivity index (χ0n) is 17.8. The van der Waals surface area contributed by atoms with Gasteiger partial charge in [-0.25, -0.2) is 4.98 Å². The van der Waals surface area contributed by atoms with Crippen LogP contribution in [0.3, 0.4) is 0 Å². The number of para-hydroxylation sites is 1. The highest BCUT2D eigenvalue weighted by Gasteiger charge is 2.15. The van der Waals surface area contributed by atoms with E-state index in [0.29, 0.717) is 39.7 Å². The number of nitrogens with zero attached hydrogens (tertiary/aromatic N) is 1. The number of hydrogen-bond acceptors (Lipinski definition) is 6. The van der Waals surface area contributed by atoms with Gasteiger partial charge in [0.1, 0.15) is 17.0 Å². The Morgan fingerprint density at radius 2 is 1.84 bits per heavy atom. The third-order valence-electron chi connectivity index (χ3n) is 4.85. The summed E-state index contributed by atoms with van der Waals surface area (Å²) >= 11 is 5.33. The number of thiocarbonyl (C=S) groups is 1. The SMILES string of the molecule is COc1ccc2oc(-c3cccc(NC(=S)NC(=O)c4cccc(C)c4OC)c3)nc2c1. The Bertz CT molecular complexity index is 1320. The van der Waals surface area contributed by atoms with E-state index in [1.54, 1.807) is 19.2 Å². The average molecular weight is 448 g/mol. The minimum atomic E-state index is -0.355. The Morgan fingerprint density at radius 1 is 1.03 bits per heavy atom. The van der Waals surface area contributed by atoms with Crippen molar-refractivity contribution in [3.8, 4) is 23.0 Å². The monoisotopic (exact) mass is 447 g/mol. The van der Waals surface area contributed by atoms with Gasteiger partial charge in [-0.3, -0.25) is 10.1 Å². The lowest BCUT2D eigenvalue weighted by atomic mass is 10.1. The lowest BCUT2D eigenvalue weighted by molar-refractivity contribution is 0.0974. The van der Waals surface area contributed by atoms with E-state index in [1.165, 1.54) is 7.11 Å². The van der Waals surface area contributed by atoms with Crippen LogP contribution in [-0.2, 0) is 0 Å². The third-order valence-corrected chi connectivity index (χ3v) is 5.05. The quantitative estimate of drug-likeness (QED) is 0.419. The number of carbonyl (C=O) groups excluding carboxylic acids is 1. The number of aryl methyl sites for hydroxylation is 1. The molecule has 0 fully saturated rings. The van der Waals surface area contributed by atoms with Crippen LogP contribution in [0.1, 0.15) is 15.9 Å². The van der Waals surface area contributed by atoms with Crippen LogP contribution < -0.4 is 20.1 Å². The molecule has 0 saturated heterocycles. The molecule has 0 bridgehead atoms. The molecule has 1 aromatic heterocycles. The van der Waals surface area contributed by atoms with E-state index < -0.39 is 0 Å². The fourth-order valence-electron chi connectivity index (χ4n) is 3.32. The minimum absolute atomic E-state index is 0.165. The van der Waals surface area contributed by atoms with E-state index in [2.05, 4.69) is 15.6 Å². The molecular weight excluding hydrogens is 426 g/mol. The average Bonchev–Trinajstić information content (AvgIpc) is 3.22. The van der Waals surface area contributed by atoms with Crippen molar-refractivity contribution >= 4 is 40.0 Å². The molecule has 0 aliphatic carbocycles. The van der Waals surface area contributed by atoms with Gasteiger partial charge in [-0.15, -0.1) is 0 Å². The van der Waals surface area contributed by atoms with Crippen LogP contribution >= 0.6 is 12.2 Å². The van der Waals surface area contributed by atoms with Gasteiger partial charge in [0.15, 0.2) is 10.7 Å². The number of fused-ring (bicyclic) bond motifs is 1. The molecule has 0 saturated carbocycles. The van der Waals surface area contributed by atoms with Crippen molar-refractivity contribution in [1.82, 2.24) is 10.3 Å². The van der Waals surface area contributed by atoms with Crippen molar-refractivity contribution in [2.45, 2.75) is 6.92 Å².